The van der Waals surface area contributed by atoms with Crippen LogP contribution in [0.25, 0.3) is 11.0 Å². The van der Waals surface area contributed by atoms with E-state index in [1.54, 1.807) is 10.9 Å². The highest BCUT2D eigenvalue weighted by Crippen LogP contribution is 2.26. The fraction of sp³-hybridized carbons (Fsp3) is 0.429. The molecule has 0 saturated heterocycles. The van der Waals surface area contributed by atoms with Crippen molar-refractivity contribution < 1.29 is 14.5 Å². The first kappa shape index (κ1) is 25.7. The number of nitrogens with one attached hydrogen (secondary N) is 2. The third-order valence-electron chi connectivity index (χ3n) is 4.57. The minimum absolute atomic E-state index is 0.0958. The number of aromatic nitrogens is 4. The van der Waals surface area contributed by atoms with Crippen LogP contribution in [0.15, 0.2) is 29.6 Å². The average molecular weight is 508 g/mol. The van der Waals surface area contributed by atoms with Gasteiger partial charge in [-0.1, -0.05) is 37.2 Å². The van der Waals surface area contributed by atoms with Crippen molar-refractivity contribution in [1.29, 1.82) is 0 Å². The molecule has 2 aromatic heterocycles. The van der Waals surface area contributed by atoms with Gasteiger partial charge in [0, 0.05) is 36.0 Å². The van der Waals surface area contributed by atoms with Crippen LogP contribution in [0.5, 0.6) is 0 Å². The molecule has 34 heavy (non-hydrogen) atoms. The first-order chi connectivity index (χ1) is 16.3. The van der Waals surface area contributed by atoms with Crippen molar-refractivity contribution in [1.82, 2.24) is 25.1 Å². The Balaban J connectivity index is 1.76. The molecule has 3 rings (SSSR count). The van der Waals surface area contributed by atoms with Gasteiger partial charge in [-0.25, -0.2) is 14.6 Å². The van der Waals surface area contributed by atoms with E-state index in [1.165, 1.54) is 30.0 Å². The van der Waals surface area contributed by atoms with Crippen molar-refractivity contribution in [3.05, 3.63) is 45.1 Å². The van der Waals surface area contributed by atoms with Crippen molar-refractivity contribution in [3.8, 4) is 0 Å². The molecule has 0 bridgehead atoms. The molecule has 13 heteroatoms. The van der Waals surface area contributed by atoms with Gasteiger partial charge in [-0.15, -0.1) is 0 Å². The molecule has 0 spiro atoms. The fourth-order valence-corrected chi connectivity index (χ4v) is 3.98. The molecule has 3 aromatic rings. The summed E-state index contributed by atoms with van der Waals surface area (Å²) in [5.41, 5.74) is 0.221. The monoisotopic (exact) mass is 507 g/mol. The van der Waals surface area contributed by atoms with Gasteiger partial charge in [0.1, 0.15) is 11.4 Å². The summed E-state index contributed by atoms with van der Waals surface area (Å²) in [4.78, 5) is 32.4. The molecular formula is C21H26ClN7O4S. The number of nitrogens with zero attached hydrogens (tertiary/aromatic N) is 5. The van der Waals surface area contributed by atoms with Crippen molar-refractivity contribution in [3.63, 3.8) is 0 Å². The number of carbonyl (C=O) groups is 1. The lowest BCUT2D eigenvalue weighted by Crippen LogP contribution is -2.28. The molecule has 0 atom stereocenters. The van der Waals surface area contributed by atoms with E-state index in [9.17, 15) is 14.9 Å². The maximum Gasteiger partial charge on any atom is 0.282 e. The summed E-state index contributed by atoms with van der Waals surface area (Å²) in [5, 5.41) is 23.5. The van der Waals surface area contributed by atoms with Crippen LogP contribution in [0.2, 0.25) is 5.02 Å². The van der Waals surface area contributed by atoms with Crippen molar-refractivity contribution >= 4 is 51.8 Å². The van der Waals surface area contributed by atoms with E-state index in [4.69, 9.17) is 16.3 Å². The SMILES string of the molecule is CCOCCNc1nc(SC(C)C)nc2c1cnn2CCNC(=O)c1cc(Cl)ccc1[N+](=O)[O-]. The third kappa shape index (κ3) is 6.55. The zero-order valence-corrected chi connectivity index (χ0v) is 20.6. The lowest BCUT2D eigenvalue weighted by Gasteiger charge is -2.11. The van der Waals surface area contributed by atoms with E-state index in [1.807, 2.05) is 6.92 Å². The van der Waals surface area contributed by atoms with Crippen LogP contribution in [0.1, 0.15) is 31.1 Å². The summed E-state index contributed by atoms with van der Waals surface area (Å²) in [6, 6.07) is 3.86. The molecule has 0 radical (unpaired) electrons. The molecule has 2 N–H and O–H groups in total. The number of benzene rings is 1. The van der Waals surface area contributed by atoms with Gasteiger partial charge >= 0.3 is 0 Å². The van der Waals surface area contributed by atoms with Crippen molar-refractivity contribution in [2.45, 2.75) is 37.7 Å². The highest BCUT2D eigenvalue weighted by atomic mass is 35.5. The Labute approximate surface area is 205 Å². The van der Waals surface area contributed by atoms with Gasteiger partial charge in [-0.2, -0.15) is 5.10 Å². The van der Waals surface area contributed by atoms with Crippen LogP contribution in [0, 0.1) is 10.1 Å². The number of hydrogen-bond donors (Lipinski definition) is 2. The lowest BCUT2D eigenvalue weighted by molar-refractivity contribution is -0.385. The maximum absolute atomic E-state index is 12.6. The summed E-state index contributed by atoms with van der Waals surface area (Å²) in [6.45, 7) is 8.32. The topological polar surface area (TPSA) is 137 Å². The van der Waals surface area contributed by atoms with E-state index in [0.717, 1.165) is 5.39 Å². The average Bonchev–Trinajstić information content (AvgIpc) is 3.18. The van der Waals surface area contributed by atoms with Crippen LogP contribution in [-0.4, -0.2) is 62.1 Å². The number of halogens is 1. The minimum atomic E-state index is -0.614. The number of hydrogen-bond acceptors (Lipinski definition) is 9. The zero-order chi connectivity index (χ0) is 24.7. The number of nitro benzene ring substituents is 1. The smallest absolute Gasteiger partial charge is 0.282 e. The molecule has 182 valence electrons. The fourth-order valence-electron chi connectivity index (χ4n) is 3.10. The lowest BCUT2D eigenvalue weighted by atomic mass is 10.1. The van der Waals surface area contributed by atoms with Crippen LogP contribution < -0.4 is 10.6 Å². The zero-order valence-electron chi connectivity index (χ0n) is 19.1. The van der Waals surface area contributed by atoms with Crippen LogP contribution >= 0.6 is 23.4 Å². The van der Waals surface area contributed by atoms with E-state index in [-0.39, 0.29) is 28.1 Å². The van der Waals surface area contributed by atoms with Gasteiger partial charge in [0.15, 0.2) is 10.8 Å². The summed E-state index contributed by atoms with van der Waals surface area (Å²) in [7, 11) is 0. The predicted molar refractivity (Wildman–Crippen MR) is 132 cm³/mol. The summed E-state index contributed by atoms with van der Waals surface area (Å²) in [6.07, 6.45) is 1.67. The largest absolute Gasteiger partial charge is 0.380 e. The molecule has 0 aliphatic rings. The molecule has 1 aromatic carbocycles. The molecule has 2 heterocycles. The normalized spacial score (nSPS) is 11.2. The number of thioether (sulfide) groups is 1. The van der Waals surface area contributed by atoms with Crippen molar-refractivity contribution in [2.75, 3.05) is 31.6 Å². The van der Waals surface area contributed by atoms with E-state index in [0.29, 0.717) is 42.9 Å². The highest BCUT2D eigenvalue weighted by Gasteiger charge is 2.20. The molecule has 0 aliphatic heterocycles. The molecule has 1 amide bonds. The number of fused-ring (bicyclic) bond motifs is 1. The Morgan fingerprint density at radius 2 is 2.12 bits per heavy atom. The molecule has 11 nitrogen and oxygen atoms in total. The van der Waals surface area contributed by atoms with Gasteiger partial charge in [0.25, 0.3) is 11.6 Å². The number of anilines is 1. The number of carbonyl (C=O) groups excluding carboxylic acids is 1. The van der Waals surface area contributed by atoms with Crippen LogP contribution in [-0.2, 0) is 11.3 Å². The number of ether oxygens (including phenoxy) is 1. The quantitative estimate of drug-likeness (QED) is 0.123. The molecular weight excluding hydrogens is 482 g/mol. The number of rotatable bonds is 12. The second-order valence-corrected chi connectivity index (χ2v) is 9.40. The second kappa shape index (κ2) is 12.0. The Morgan fingerprint density at radius 1 is 1.32 bits per heavy atom. The summed E-state index contributed by atoms with van der Waals surface area (Å²) in [5.74, 6) is 0.0762. The molecule has 0 saturated carbocycles. The molecule has 0 fully saturated rings. The summed E-state index contributed by atoms with van der Waals surface area (Å²) >= 11 is 7.45. The highest BCUT2D eigenvalue weighted by molar-refractivity contribution is 7.99. The Bertz CT molecular complexity index is 1170. The molecule has 0 aliphatic carbocycles. The standard InChI is InChI=1S/C21H26ClN7O4S/c1-4-33-10-8-23-18-16-12-25-28(19(16)27-21(26-18)34-13(2)3)9-7-24-20(30)15-11-14(22)5-6-17(15)29(31)32/h5-6,11-13H,4,7-10H2,1-3H3,(H,24,30)(H,23,26,27). The first-order valence-corrected chi connectivity index (χ1v) is 12.0. The van der Waals surface area contributed by atoms with Gasteiger partial charge in [-0.05, 0) is 19.1 Å². The van der Waals surface area contributed by atoms with E-state index in [2.05, 4.69) is 39.5 Å². The van der Waals surface area contributed by atoms with Gasteiger partial charge in [-0.3, -0.25) is 14.9 Å². The Hall–Kier alpha value is -2.96. The number of amides is 1. The minimum Gasteiger partial charge on any atom is -0.380 e. The third-order valence-corrected chi connectivity index (χ3v) is 5.67. The van der Waals surface area contributed by atoms with E-state index >= 15 is 0 Å². The first-order valence-electron chi connectivity index (χ1n) is 10.7. The molecule has 0 unspecified atom stereocenters. The second-order valence-electron chi connectivity index (χ2n) is 7.42. The Morgan fingerprint density at radius 3 is 2.82 bits per heavy atom. The van der Waals surface area contributed by atoms with Gasteiger partial charge in [0.05, 0.1) is 29.7 Å². The maximum atomic E-state index is 12.6. The van der Waals surface area contributed by atoms with Gasteiger partial charge < -0.3 is 15.4 Å². The van der Waals surface area contributed by atoms with Crippen molar-refractivity contribution in [2.24, 2.45) is 0 Å². The van der Waals surface area contributed by atoms with Gasteiger partial charge in [0.2, 0.25) is 0 Å². The number of nitro groups is 1. The predicted octanol–water partition coefficient (Wildman–Crippen LogP) is 3.77. The summed E-state index contributed by atoms with van der Waals surface area (Å²) < 4.78 is 7.06. The van der Waals surface area contributed by atoms with E-state index < -0.39 is 10.8 Å². The Kier molecular flexibility index (Phi) is 9.02. The van der Waals surface area contributed by atoms with Crippen LogP contribution in [0.3, 0.4) is 0 Å². The van der Waals surface area contributed by atoms with Crippen LogP contribution in [0.4, 0.5) is 11.5 Å².